The molecule has 0 bridgehead atoms. The number of halogens is 1. The molecule has 1 heterocycles. The van der Waals surface area contributed by atoms with Crippen LogP contribution in [-0.2, 0) is 0 Å². The molecule has 2 heteroatoms. The molecular formula is C7H11ClSe. The first-order valence-electron chi connectivity index (χ1n) is 3.28. The van der Waals surface area contributed by atoms with Gasteiger partial charge in [-0.05, 0) is 0 Å². The minimum absolute atomic E-state index is 0.880. The molecule has 1 fully saturated rings. The Labute approximate surface area is 67.8 Å². The fourth-order valence-corrected chi connectivity index (χ4v) is 3.58. The summed E-state index contributed by atoms with van der Waals surface area (Å²) >= 11 is 6.84. The molecule has 0 spiro atoms. The Kier molecular flexibility index (Phi) is 3.11. The predicted molar refractivity (Wildman–Crippen MR) is 43.2 cm³/mol. The van der Waals surface area contributed by atoms with Crippen molar-refractivity contribution in [3.05, 3.63) is 10.6 Å². The van der Waals surface area contributed by atoms with E-state index in [0.29, 0.717) is 0 Å². The van der Waals surface area contributed by atoms with Crippen LogP contribution in [0.3, 0.4) is 0 Å². The molecule has 9 heavy (non-hydrogen) atoms. The average molecular weight is 210 g/mol. The topological polar surface area (TPSA) is 0 Å². The zero-order valence-corrected chi connectivity index (χ0v) is 8.08. The van der Waals surface area contributed by atoms with Crippen molar-refractivity contribution in [1.29, 1.82) is 0 Å². The van der Waals surface area contributed by atoms with Gasteiger partial charge >= 0.3 is 67.6 Å². The summed E-state index contributed by atoms with van der Waals surface area (Å²) in [5.74, 6) is 0. The van der Waals surface area contributed by atoms with E-state index in [9.17, 15) is 0 Å². The molecule has 1 aliphatic rings. The standard InChI is InChI=1S/C7H11ClSe/c1-2-7(8)6-3-4-9-5-6/h2-5H2,1H3/b7-6-. The first kappa shape index (κ1) is 7.65. The second kappa shape index (κ2) is 3.65. The third-order valence-corrected chi connectivity index (χ3v) is 4.25. The molecule has 0 aromatic carbocycles. The molecule has 0 nitrogen and oxygen atoms in total. The molecule has 0 unspecified atom stereocenters. The normalized spacial score (nSPS) is 24.7. The molecule has 0 saturated carbocycles. The van der Waals surface area contributed by atoms with E-state index < -0.39 is 0 Å². The van der Waals surface area contributed by atoms with Crippen LogP contribution in [0.2, 0.25) is 10.6 Å². The van der Waals surface area contributed by atoms with Crippen LogP contribution in [0.1, 0.15) is 19.8 Å². The van der Waals surface area contributed by atoms with Crippen molar-refractivity contribution in [2.45, 2.75) is 30.4 Å². The van der Waals surface area contributed by atoms with Crippen molar-refractivity contribution in [2.24, 2.45) is 0 Å². The zero-order valence-electron chi connectivity index (χ0n) is 5.61. The van der Waals surface area contributed by atoms with Crippen molar-refractivity contribution in [2.75, 3.05) is 0 Å². The monoisotopic (exact) mass is 210 g/mol. The molecule has 1 saturated heterocycles. The molecule has 0 radical (unpaired) electrons. The van der Waals surface area contributed by atoms with Crippen LogP contribution < -0.4 is 0 Å². The van der Waals surface area contributed by atoms with Crippen molar-refractivity contribution >= 4 is 26.6 Å². The van der Waals surface area contributed by atoms with Crippen molar-refractivity contribution in [3.63, 3.8) is 0 Å². The predicted octanol–water partition coefficient (Wildman–Crippen LogP) is 2.83. The van der Waals surface area contributed by atoms with E-state index in [0.717, 1.165) is 26.4 Å². The molecule has 1 rings (SSSR count). The second-order valence-electron chi connectivity index (χ2n) is 2.16. The van der Waals surface area contributed by atoms with Crippen LogP contribution in [0.4, 0.5) is 0 Å². The van der Waals surface area contributed by atoms with Crippen LogP contribution in [0.25, 0.3) is 0 Å². The summed E-state index contributed by atoms with van der Waals surface area (Å²) < 4.78 is 0. The summed E-state index contributed by atoms with van der Waals surface area (Å²) in [4.78, 5) is 0. The number of hydrogen-bond acceptors (Lipinski definition) is 0. The van der Waals surface area contributed by atoms with Gasteiger partial charge in [0.05, 0.1) is 0 Å². The van der Waals surface area contributed by atoms with Gasteiger partial charge in [0.1, 0.15) is 0 Å². The Balaban J connectivity index is 2.55. The van der Waals surface area contributed by atoms with Gasteiger partial charge < -0.3 is 0 Å². The number of allylic oxidation sites excluding steroid dienone is 2. The third-order valence-electron chi connectivity index (χ3n) is 1.52. The van der Waals surface area contributed by atoms with E-state index in [1.54, 1.807) is 5.57 Å². The van der Waals surface area contributed by atoms with Gasteiger partial charge in [-0.25, -0.2) is 0 Å². The Morgan fingerprint density at radius 1 is 1.78 bits per heavy atom. The number of hydrogen-bond donors (Lipinski definition) is 0. The molecule has 0 aromatic heterocycles. The fourth-order valence-electron chi connectivity index (χ4n) is 0.927. The second-order valence-corrected chi connectivity index (χ2v) is 4.94. The first-order chi connectivity index (χ1) is 4.34. The Morgan fingerprint density at radius 2 is 2.56 bits per heavy atom. The molecule has 0 atom stereocenters. The van der Waals surface area contributed by atoms with Crippen LogP contribution >= 0.6 is 11.6 Å². The van der Waals surface area contributed by atoms with Gasteiger partial charge in [0.15, 0.2) is 0 Å². The van der Waals surface area contributed by atoms with Gasteiger partial charge in [-0.3, -0.25) is 0 Å². The molecule has 52 valence electrons. The Bertz CT molecular complexity index is 121. The third kappa shape index (κ3) is 2.00. The summed E-state index contributed by atoms with van der Waals surface area (Å²) in [5, 5.41) is 3.87. The quantitative estimate of drug-likeness (QED) is 0.583. The minimum atomic E-state index is 0.880. The van der Waals surface area contributed by atoms with Gasteiger partial charge in [0.25, 0.3) is 0 Å². The maximum absolute atomic E-state index is 5.96. The summed E-state index contributed by atoms with van der Waals surface area (Å²) in [5.41, 5.74) is 1.54. The Hall–Kier alpha value is 0.549. The van der Waals surface area contributed by atoms with Crippen LogP contribution in [-0.4, -0.2) is 15.0 Å². The van der Waals surface area contributed by atoms with Gasteiger partial charge in [-0.1, -0.05) is 0 Å². The van der Waals surface area contributed by atoms with Crippen LogP contribution in [0.5, 0.6) is 0 Å². The molecule has 0 amide bonds. The van der Waals surface area contributed by atoms with Crippen LogP contribution in [0, 0.1) is 0 Å². The Morgan fingerprint density at radius 3 is 3.00 bits per heavy atom. The van der Waals surface area contributed by atoms with Gasteiger partial charge in [-0.2, -0.15) is 0 Å². The van der Waals surface area contributed by atoms with Crippen molar-refractivity contribution in [1.82, 2.24) is 0 Å². The SMILES string of the molecule is CC/C(Cl)=C1\CC[Se]C1. The molecular weight excluding hydrogens is 198 g/mol. The van der Waals surface area contributed by atoms with Crippen molar-refractivity contribution in [3.8, 4) is 0 Å². The number of rotatable bonds is 1. The van der Waals surface area contributed by atoms with Crippen LogP contribution in [0.15, 0.2) is 10.6 Å². The fraction of sp³-hybridized carbons (Fsp3) is 0.714. The molecule has 0 aromatic rings. The van der Waals surface area contributed by atoms with Gasteiger partial charge in [-0.15, -0.1) is 0 Å². The first-order valence-corrected chi connectivity index (χ1v) is 6.08. The molecule has 0 aliphatic carbocycles. The summed E-state index contributed by atoms with van der Waals surface area (Å²) in [7, 11) is 0. The van der Waals surface area contributed by atoms with E-state index >= 15 is 0 Å². The van der Waals surface area contributed by atoms with Gasteiger partial charge in [0.2, 0.25) is 0 Å². The summed E-state index contributed by atoms with van der Waals surface area (Å²) in [6, 6.07) is 0. The van der Waals surface area contributed by atoms with E-state index in [1.807, 2.05) is 0 Å². The van der Waals surface area contributed by atoms with E-state index in [2.05, 4.69) is 6.92 Å². The average Bonchev–Trinajstić information content (AvgIpc) is 2.37. The van der Waals surface area contributed by atoms with E-state index in [-0.39, 0.29) is 0 Å². The zero-order chi connectivity index (χ0) is 6.69. The van der Waals surface area contributed by atoms with Gasteiger partial charge in [0, 0.05) is 0 Å². The molecule has 0 N–H and O–H groups in total. The van der Waals surface area contributed by atoms with E-state index in [4.69, 9.17) is 11.6 Å². The summed E-state index contributed by atoms with van der Waals surface area (Å²) in [6.07, 6.45) is 2.32. The van der Waals surface area contributed by atoms with E-state index in [1.165, 1.54) is 17.1 Å². The maximum atomic E-state index is 5.96. The molecule has 1 aliphatic heterocycles. The summed E-state index contributed by atoms with van der Waals surface area (Å²) in [6.45, 7) is 2.13. The van der Waals surface area contributed by atoms with Crippen molar-refractivity contribution < 1.29 is 0 Å².